The Labute approximate surface area is 139 Å². The van der Waals surface area contributed by atoms with Crippen LogP contribution in [0.15, 0.2) is 35.9 Å². The number of rotatable bonds is 8. The summed E-state index contributed by atoms with van der Waals surface area (Å²) in [6, 6.07) is 8.24. The van der Waals surface area contributed by atoms with Crippen molar-refractivity contribution in [2.24, 2.45) is 0 Å². The first-order valence-electron chi connectivity index (χ1n) is 8.74. The smallest absolute Gasteiger partial charge is 0.333 e. The minimum Gasteiger partial charge on any atom is -0.497 e. The highest BCUT2D eigenvalue weighted by Crippen LogP contribution is 2.33. The van der Waals surface area contributed by atoms with Crippen molar-refractivity contribution in [3.63, 3.8) is 0 Å². The van der Waals surface area contributed by atoms with E-state index in [-0.39, 0.29) is 5.97 Å². The summed E-state index contributed by atoms with van der Waals surface area (Å²) in [4.78, 5) is 12.1. The molecule has 0 fully saturated rings. The van der Waals surface area contributed by atoms with E-state index in [0.29, 0.717) is 12.5 Å². The number of hydrogen-bond donors (Lipinski definition) is 0. The van der Waals surface area contributed by atoms with Gasteiger partial charge in [0.25, 0.3) is 0 Å². The van der Waals surface area contributed by atoms with Crippen molar-refractivity contribution in [3.8, 4) is 5.75 Å². The standard InChI is InChI=1S/C20H28O3/c1-3-4-5-6-15-23-20(21)18-9-7-16(8-10-18)17-11-13-19(22-2)14-12-17/h9,11-14,16H,3-8,10,15H2,1-2H3. The number of unbranched alkanes of at least 4 members (excludes halogenated alkanes) is 3. The lowest BCUT2D eigenvalue weighted by molar-refractivity contribution is -0.139. The van der Waals surface area contributed by atoms with E-state index in [0.717, 1.165) is 43.4 Å². The Bertz CT molecular complexity index is 516. The van der Waals surface area contributed by atoms with Gasteiger partial charge in [-0.3, -0.25) is 0 Å². The van der Waals surface area contributed by atoms with Crippen molar-refractivity contribution < 1.29 is 14.3 Å². The number of carbonyl (C=O) groups is 1. The molecule has 3 nitrogen and oxygen atoms in total. The van der Waals surface area contributed by atoms with Crippen molar-refractivity contribution in [1.29, 1.82) is 0 Å². The fraction of sp³-hybridized carbons (Fsp3) is 0.550. The normalized spacial score (nSPS) is 17.5. The van der Waals surface area contributed by atoms with E-state index in [1.807, 2.05) is 12.1 Å². The van der Waals surface area contributed by atoms with Crippen LogP contribution in [0.3, 0.4) is 0 Å². The highest BCUT2D eigenvalue weighted by Gasteiger charge is 2.20. The van der Waals surface area contributed by atoms with Crippen molar-refractivity contribution in [1.82, 2.24) is 0 Å². The first-order chi connectivity index (χ1) is 11.2. The molecule has 0 aromatic heterocycles. The molecule has 0 aliphatic heterocycles. The third kappa shape index (κ3) is 5.42. The van der Waals surface area contributed by atoms with Gasteiger partial charge in [0.05, 0.1) is 13.7 Å². The molecule has 1 aromatic carbocycles. The average molecular weight is 316 g/mol. The average Bonchev–Trinajstić information content (AvgIpc) is 2.61. The van der Waals surface area contributed by atoms with Crippen LogP contribution in [0.1, 0.15) is 63.4 Å². The molecular weight excluding hydrogens is 288 g/mol. The molecule has 23 heavy (non-hydrogen) atoms. The molecule has 0 N–H and O–H groups in total. The molecular formula is C20H28O3. The second-order valence-electron chi connectivity index (χ2n) is 6.17. The Kier molecular flexibility index (Phi) is 7.18. The lowest BCUT2D eigenvalue weighted by Gasteiger charge is -2.21. The summed E-state index contributed by atoms with van der Waals surface area (Å²) < 4.78 is 10.6. The number of hydrogen-bond acceptors (Lipinski definition) is 3. The first kappa shape index (κ1) is 17.6. The molecule has 0 bridgehead atoms. The fourth-order valence-corrected chi connectivity index (χ4v) is 2.98. The SMILES string of the molecule is CCCCCCOC(=O)C1=CCC(c2ccc(OC)cc2)CC1. The molecule has 3 heteroatoms. The zero-order chi connectivity index (χ0) is 16.5. The Morgan fingerprint density at radius 1 is 1.17 bits per heavy atom. The van der Waals surface area contributed by atoms with Crippen LogP contribution in [0.5, 0.6) is 5.75 Å². The Hall–Kier alpha value is -1.77. The van der Waals surface area contributed by atoms with Gasteiger partial charge in [-0.1, -0.05) is 44.4 Å². The van der Waals surface area contributed by atoms with E-state index in [9.17, 15) is 4.79 Å². The van der Waals surface area contributed by atoms with E-state index in [1.54, 1.807) is 7.11 Å². The largest absolute Gasteiger partial charge is 0.497 e. The van der Waals surface area contributed by atoms with E-state index < -0.39 is 0 Å². The minimum atomic E-state index is -0.116. The summed E-state index contributed by atoms with van der Waals surface area (Å²) in [6.45, 7) is 2.73. The highest BCUT2D eigenvalue weighted by molar-refractivity contribution is 5.88. The molecule has 126 valence electrons. The minimum absolute atomic E-state index is 0.116. The summed E-state index contributed by atoms with van der Waals surface area (Å²) in [5, 5.41) is 0. The molecule has 0 radical (unpaired) electrons. The van der Waals surface area contributed by atoms with Crippen LogP contribution in [0.2, 0.25) is 0 Å². The molecule has 0 saturated heterocycles. The quantitative estimate of drug-likeness (QED) is 0.499. The summed E-state index contributed by atoms with van der Waals surface area (Å²) in [7, 11) is 1.68. The Morgan fingerprint density at radius 2 is 1.96 bits per heavy atom. The third-order valence-electron chi connectivity index (χ3n) is 4.49. The predicted octanol–water partition coefficient (Wildman–Crippen LogP) is 5.01. The third-order valence-corrected chi connectivity index (χ3v) is 4.49. The van der Waals surface area contributed by atoms with Crippen LogP contribution in [-0.4, -0.2) is 19.7 Å². The van der Waals surface area contributed by atoms with E-state index in [2.05, 4.69) is 25.1 Å². The van der Waals surface area contributed by atoms with Crippen LogP contribution < -0.4 is 4.74 Å². The highest BCUT2D eigenvalue weighted by atomic mass is 16.5. The summed E-state index contributed by atoms with van der Waals surface area (Å²) in [5.41, 5.74) is 2.17. The van der Waals surface area contributed by atoms with Crippen molar-refractivity contribution in [3.05, 3.63) is 41.5 Å². The number of methoxy groups -OCH3 is 1. The van der Waals surface area contributed by atoms with Gasteiger partial charge in [-0.2, -0.15) is 0 Å². The molecule has 1 aliphatic rings. The van der Waals surface area contributed by atoms with E-state index in [4.69, 9.17) is 9.47 Å². The number of ether oxygens (including phenoxy) is 2. The zero-order valence-corrected chi connectivity index (χ0v) is 14.3. The monoisotopic (exact) mass is 316 g/mol. The van der Waals surface area contributed by atoms with Gasteiger partial charge in [0.15, 0.2) is 0 Å². The maximum absolute atomic E-state index is 12.1. The van der Waals surface area contributed by atoms with Crippen LogP contribution in [0, 0.1) is 0 Å². The van der Waals surface area contributed by atoms with E-state index >= 15 is 0 Å². The number of esters is 1. The van der Waals surface area contributed by atoms with Gasteiger partial charge in [0.1, 0.15) is 5.75 Å². The van der Waals surface area contributed by atoms with Crippen LogP contribution in [0.25, 0.3) is 0 Å². The lowest BCUT2D eigenvalue weighted by atomic mass is 9.84. The van der Waals surface area contributed by atoms with Gasteiger partial charge >= 0.3 is 5.97 Å². The second kappa shape index (κ2) is 9.39. The summed E-state index contributed by atoms with van der Waals surface area (Å²) >= 11 is 0. The summed E-state index contributed by atoms with van der Waals surface area (Å²) in [5.74, 6) is 1.25. The molecule has 0 spiro atoms. The van der Waals surface area contributed by atoms with Gasteiger partial charge in [0, 0.05) is 5.57 Å². The predicted molar refractivity (Wildman–Crippen MR) is 92.8 cm³/mol. The van der Waals surface area contributed by atoms with Gasteiger partial charge in [-0.05, 0) is 49.3 Å². The number of carbonyl (C=O) groups excluding carboxylic acids is 1. The molecule has 1 aromatic rings. The zero-order valence-electron chi connectivity index (χ0n) is 14.3. The van der Waals surface area contributed by atoms with Crippen molar-refractivity contribution in [2.45, 2.75) is 57.8 Å². The molecule has 0 heterocycles. The molecule has 1 unspecified atom stereocenters. The van der Waals surface area contributed by atoms with Crippen molar-refractivity contribution in [2.75, 3.05) is 13.7 Å². The molecule has 0 saturated carbocycles. The molecule has 1 atom stereocenters. The van der Waals surface area contributed by atoms with Gasteiger partial charge in [-0.25, -0.2) is 4.79 Å². The summed E-state index contributed by atoms with van der Waals surface area (Å²) in [6.07, 6.45) is 9.31. The Balaban J connectivity index is 1.79. The topological polar surface area (TPSA) is 35.5 Å². The maximum atomic E-state index is 12.1. The van der Waals surface area contributed by atoms with Gasteiger partial charge < -0.3 is 9.47 Å². The van der Waals surface area contributed by atoms with Crippen LogP contribution in [-0.2, 0) is 9.53 Å². The van der Waals surface area contributed by atoms with Gasteiger partial charge in [-0.15, -0.1) is 0 Å². The Morgan fingerprint density at radius 3 is 2.57 bits per heavy atom. The van der Waals surface area contributed by atoms with Gasteiger partial charge in [0.2, 0.25) is 0 Å². The molecule has 0 amide bonds. The number of benzene rings is 1. The fourth-order valence-electron chi connectivity index (χ4n) is 2.98. The lowest BCUT2D eigenvalue weighted by Crippen LogP contribution is -2.14. The first-order valence-corrected chi connectivity index (χ1v) is 8.74. The van der Waals surface area contributed by atoms with Crippen molar-refractivity contribution >= 4 is 5.97 Å². The van der Waals surface area contributed by atoms with Crippen LogP contribution >= 0.6 is 0 Å². The molecule has 1 aliphatic carbocycles. The maximum Gasteiger partial charge on any atom is 0.333 e. The molecule has 2 rings (SSSR count). The van der Waals surface area contributed by atoms with Crippen LogP contribution in [0.4, 0.5) is 0 Å². The van der Waals surface area contributed by atoms with E-state index in [1.165, 1.54) is 18.4 Å². The second-order valence-corrected chi connectivity index (χ2v) is 6.17. The number of allylic oxidation sites excluding steroid dienone is 1.